The van der Waals surface area contributed by atoms with Gasteiger partial charge in [-0.1, -0.05) is 0 Å². The third-order valence-electron chi connectivity index (χ3n) is 2.97. The highest BCUT2D eigenvalue weighted by Gasteiger charge is 2.23. The Balaban J connectivity index is 2.42. The number of nitrogens with two attached hydrogens (primary N) is 1. The second-order valence-corrected chi connectivity index (χ2v) is 4.01. The first kappa shape index (κ1) is 14.2. The Labute approximate surface area is 116 Å². The summed E-state index contributed by atoms with van der Waals surface area (Å²) < 4.78 is 12.1. The molecule has 0 saturated heterocycles. The summed E-state index contributed by atoms with van der Waals surface area (Å²) >= 11 is 0. The fraction of sp³-hybridized carbons (Fsp3) is 0.417. The molecule has 1 unspecified atom stereocenters. The SMILES string of the molecule is CCn1ncc(OC)c1C(NN)c1ccc(OC)nn1. The molecule has 0 aliphatic carbocycles. The van der Waals surface area contributed by atoms with Crippen LogP contribution in [0.4, 0.5) is 0 Å². The van der Waals surface area contributed by atoms with Gasteiger partial charge in [0.25, 0.3) is 0 Å². The zero-order valence-electron chi connectivity index (χ0n) is 11.7. The molecule has 8 nitrogen and oxygen atoms in total. The number of hydrogen-bond acceptors (Lipinski definition) is 7. The number of hydrogen-bond donors (Lipinski definition) is 2. The minimum atomic E-state index is -0.370. The van der Waals surface area contributed by atoms with E-state index in [2.05, 4.69) is 20.7 Å². The number of methoxy groups -OCH3 is 2. The Morgan fingerprint density at radius 1 is 1.30 bits per heavy atom. The molecule has 2 aromatic rings. The molecule has 0 fully saturated rings. The van der Waals surface area contributed by atoms with Crippen LogP contribution in [0.25, 0.3) is 0 Å². The lowest BCUT2D eigenvalue weighted by molar-refractivity contribution is 0.387. The van der Waals surface area contributed by atoms with Gasteiger partial charge in [0.1, 0.15) is 11.7 Å². The maximum atomic E-state index is 5.67. The Morgan fingerprint density at radius 2 is 2.10 bits per heavy atom. The van der Waals surface area contributed by atoms with Crippen molar-refractivity contribution in [1.29, 1.82) is 0 Å². The quantitative estimate of drug-likeness (QED) is 0.577. The first-order chi connectivity index (χ1) is 9.74. The molecule has 2 rings (SSSR count). The fourth-order valence-corrected chi connectivity index (χ4v) is 1.98. The van der Waals surface area contributed by atoms with E-state index in [9.17, 15) is 0 Å². The third-order valence-corrected chi connectivity index (χ3v) is 2.97. The summed E-state index contributed by atoms with van der Waals surface area (Å²) in [5.74, 6) is 6.76. The van der Waals surface area contributed by atoms with Crippen LogP contribution in [0.2, 0.25) is 0 Å². The lowest BCUT2D eigenvalue weighted by atomic mass is 10.1. The van der Waals surface area contributed by atoms with E-state index in [4.69, 9.17) is 15.3 Å². The van der Waals surface area contributed by atoms with Gasteiger partial charge < -0.3 is 9.47 Å². The van der Waals surface area contributed by atoms with Crippen LogP contribution < -0.4 is 20.7 Å². The van der Waals surface area contributed by atoms with Crippen LogP contribution in [0.3, 0.4) is 0 Å². The van der Waals surface area contributed by atoms with Gasteiger partial charge in [0.2, 0.25) is 5.88 Å². The minimum Gasteiger partial charge on any atom is -0.493 e. The van der Waals surface area contributed by atoms with Gasteiger partial charge in [0.05, 0.1) is 26.1 Å². The van der Waals surface area contributed by atoms with Gasteiger partial charge >= 0.3 is 0 Å². The molecule has 0 aliphatic heterocycles. The summed E-state index contributed by atoms with van der Waals surface area (Å²) in [5.41, 5.74) is 4.18. The molecule has 0 amide bonds. The van der Waals surface area contributed by atoms with Crippen molar-refractivity contribution in [2.45, 2.75) is 19.5 Å². The van der Waals surface area contributed by atoms with E-state index in [0.717, 1.165) is 5.69 Å². The molecule has 2 heterocycles. The predicted molar refractivity (Wildman–Crippen MR) is 72.2 cm³/mol. The lowest BCUT2D eigenvalue weighted by Gasteiger charge is -2.17. The van der Waals surface area contributed by atoms with Crippen LogP contribution >= 0.6 is 0 Å². The summed E-state index contributed by atoms with van der Waals surface area (Å²) in [6.45, 7) is 2.68. The van der Waals surface area contributed by atoms with E-state index >= 15 is 0 Å². The average molecular weight is 278 g/mol. The van der Waals surface area contributed by atoms with Crippen LogP contribution in [0.15, 0.2) is 18.3 Å². The van der Waals surface area contributed by atoms with Crippen molar-refractivity contribution in [3.8, 4) is 11.6 Å². The van der Waals surface area contributed by atoms with E-state index < -0.39 is 0 Å². The molecule has 0 bridgehead atoms. The topological polar surface area (TPSA) is 100 Å². The van der Waals surface area contributed by atoms with Crippen LogP contribution in [0.5, 0.6) is 11.6 Å². The van der Waals surface area contributed by atoms with Crippen molar-refractivity contribution in [1.82, 2.24) is 25.4 Å². The zero-order chi connectivity index (χ0) is 14.5. The first-order valence-corrected chi connectivity index (χ1v) is 6.18. The number of hydrazine groups is 1. The number of nitrogens with zero attached hydrogens (tertiary/aromatic N) is 4. The van der Waals surface area contributed by atoms with Crippen LogP contribution in [0, 0.1) is 0 Å². The van der Waals surface area contributed by atoms with Gasteiger partial charge in [0, 0.05) is 12.6 Å². The second kappa shape index (κ2) is 6.31. The maximum absolute atomic E-state index is 5.67. The van der Waals surface area contributed by atoms with Gasteiger partial charge in [-0.25, -0.2) is 5.43 Å². The zero-order valence-corrected chi connectivity index (χ0v) is 11.7. The van der Waals surface area contributed by atoms with Gasteiger partial charge in [-0.15, -0.1) is 10.2 Å². The van der Waals surface area contributed by atoms with Gasteiger partial charge in [0.15, 0.2) is 5.75 Å². The standard InChI is InChI=1S/C12H18N6O2/c1-4-18-12(9(19-2)7-14-18)11(15-13)8-5-6-10(20-3)17-16-8/h5-7,11,15H,4,13H2,1-3H3. The molecular formula is C12H18N6O2. The molecule has 20 heavy (non-hydrogen) atoms. The fourth-order valence-electron chi connectivity index (χ4n) is 1.98. The smallest absolute Gasteiger partial charge is 0.233 e. The molecule has 0 aromatic carbocycles. The molecule has 108 valence electrons. The summed E-state index contributed by atoms with van der Waals surface area (Å²) in [6, 6.07) is 3.15. The molecule has 2 aromatic heterocycles. The monoisotopic (exact) mass is 278 g/mol. The maximum Gasteiger partial charge on any atom is 0.233 e. The first-order valence-electron chi connectivity index (χ1n) is 6.18. The second-order valence-electron chi connectivity index (χ2n) is 4.01. The molecule has 8 heteroatoms. The number of aryl methyl sites for hydroxylation is 1. The predicted octanol–water partition coefficient (Wildman–Crippen LogP) is 0.263. The van der Waals surface area contributed by atoms with Crippen molar-refractivity contribution >= 4 is 0 Å². The minimum absolute atomic E-state index is 0.370. The van der Waals surface area contributed by atoms with Crippen molar-refractivity contribution in [3.05, 3.63) is 29.7 Å². The molecular weight excluding hydrogens is 260 g/mol. The van der Waals surface area contributed by atoms with Gasteiger partial charge in [-0.3, -0.25) is 10.5 Å². The number of ether oxygens (including phenoxy) is 2. The van der Waals surface area contributed by atoms with Crippen LogP contribution in [0.1, 0.15) is 24.4 Å². The van der Waals surface area contributed by atoms with Crippen molar-refractivity contribution in [2.75, 3.05) is 14.2 Å². The number of rotatable bonds is 6. The van der Waals surface area contributed by atoms with E-state index in [1.54, 1.807) is 30.1 Å². The largest absolute Gasteiger partial charge is 0.493 e. The Kier molecular flexibility index (Phi) is 4.49. The van der Waals surface area contributed by atoms with Crippen molar-refractivity contribution in [3.63, 3.8) is 0 Å². The van der Waals surface area contributed by atoms with Crippen molar-refractivity contribution < 1.29 is 9.47 Å². The van der Waals surface area contributed by atoms with Gasteiger partial charge in [-0.05, 0) is 13.0 Å². The molecule has 0 spiro atoms. The normalized spacial score (nSPS) is 12.2. The Morgan fingerprint density at radius 3 is 2.60 bits per heavy atom. The number of aromatic nitrogens is 4. The highest BCUT2D eigenvalue weighted by molar-refractivity contribution is 5.34. The molecule has 0 saturated carbocycles. The van der Waals surface area contributed by atoms with E-state index in [1.807, 2.05) is 6.92 Å². The highest BCUT2D eigenvalue weighted by Crippen LogP contribution is 2.28. The Bertz CT molecular complexity index is 532. The van der Waals surface area contributed by atoms with Crippen LogP contribution in [-0.2, 0) is 6.54 Å². The molecule has 1 atom stereocenters. The average Bonchev–Trinajstić information content (AvgIpc) is 2.91. The summed E-state index contributed by atoms with van der Waals surface area (Å²) in [4.78, 5) is 0. The summed E-state index contributed by atoms with van der Waals surface area (Å²) in [7, 11) is 3.13. The van der Waals surface area contributed by atoms with Gasteiger partial charge in [-0.2, -0.15) is 5.10 Å². The summed E-state index contributed by atoms with van der Waals surface area (Å²) in [5, 5.41) is 12.3. The van der Waals surface area contributed by atoms with E-state index in [-0.39, 0.29) is 6.04 Å². The lowest BCUT2D eigenvalue weighted by Crippen LogP contribution is -2.31. The molecule has 0 aliphatic rings. The van der Waals surface area contributed by atoms with Crippen molar-refractivity contribution in [2.24, 2.45) is 5.84 Å². The number of nitrogens with one attached hydrogen (secondary N) is 1. The third kappa shape index (κ3) is 2.56. The summed E-state index contributed by atoms with van der Waals surface area (Å²) in [6.07, 6.45) is 1.65. The van der Waals surface area contributed by atoms with Crippen LogP contribution in [-0.4, -0.2) is 34.2 Å². The molecule has 3 N–H and O–H groups in total. The van der Waals surface area contributed by atoms with E-state index in [1.165, 1.54) is 7.11 Å². The Hall–Kier alpha value is -2.19. The highest BCUT2D eigenvalue weighted by atomic mass is 16.5. The molecule has 0 radical (unpaired) electrons. The van der Waals surface area contributed by atoms with E-state index in [0.29, 0.717) is 23.9 Å².